The number of nitrogens with zero attached hydrogens (tertiary/aromatic N) is 2. The van der Waals surface area contributed by atoms with Crippen LogP contribution in [0.2, 0.25) is 4.34 Å². The third kappa shape index (κ3) is 4.42. The molecule has 1 aromatic heterocycles. The summed E-state index contributed by atoms with van der Waals surface area (Å²) in [4.78, 5) is 17.9. The molecular weight excluding hydrogens is 306 g/mol. The Morgan fingerprint density at radius 1 is 1.38 bits per heavy atom. The maximum atomic E-state index is 12.3. The van der Waals surface area contributed by atoms with E-state index in [1.807, 2.05) is 17.9 Å². The molecule has 0 unspecified atom stereocenters. The summed E-state index contributed by atoms with van der Waals surface area (Å²) in [5.74, 6) is 0.340. The van der Waals surface area contributed by atoms with Crippen LogP contribution in [0.3, 0.4) is 0 Å². The van der Waals surface area contributed by atoms with Crippen LogP contribution in [0.25, 0.3) is 0 Å². The molecule has 2 atom stereocenters. The number of hydrogen-bond acceptors (Lipinski definition) is 4. The monoisotopic (exact) mass is 329 g/mol. The summed E-state index contributed by atoms with van der Waals surface area (Å²) in [5, 5.41) is 0. The number of piperazine rings is 1. The predicted molar refractivity (Wildman–Crippen MR) is 88.6 cm³/mol. The molecule has 1 aliphatic rings. The van der Waals surface area contributed by atoms with E-state index in [0.717, 1.165) is 43.5 Å². The van der Waals surface area contributed by atoms with Crippen molar-refractivity contribution < 1.29 is 4.79 Å². The second kappa shape index (κ2) is 7.58. The number of rotatable bonds is 5. The van der Waals surface area contributed by atoms with Crippen molar-refractivity contribution in [2.45, 2.75) is 32.9 Å². The van der Waals surface area contributed by atoms with Crippen LogP contribution in [0.1, 0.15) is 25.1 Å². The van der Waals surface area contributed by atoms with E-state index in [2.05, 4.69) is 17.9 Å². The molecule has 2 rings (SSSR count). The van der Waals surface area contributed by atoms with Crippen LogP contribution in [0.15, 0.2) is 12.1 Å². The highest BCUT2D eigenvalue weighted by Crippen LogP contribution is 2.23. The van der Waals surface area contributed by atoms with Crippen molar-refractivity contribution in [2.24, 2.45) is 11.7 Å². The summed E-state index contributed by atoms with van der Waals surface area (Å²) >= 11 is 7.58. The number of carbonyl (C=O) groups is 1. The highest BCUT2D eigenvalue weighted by atomic mass is 35.5. The van der Waals surface area contributed by atoms with Gasteiger partial charge in [-0.15, -0.1) is 11.3 Å². The van der Waals surface area contributed by atoms with Gasteiger partial charge in [0.2, 0.25) is 5.91 Å². The maximum Gasteiger partial charge on any atom is 0.239 e. The lowest BCUT2D eigenvalue weighted by Crippen LogP contribution is -2.54. The van der Waals surface area contributed by atoms with Crippen molar-refractivity contribution in [3.05, 3.63) is 21.3 Å². The molecule has 0 bridgehead atoms. The van der Waals surface area contributed by atoms with Gasteiger partial charge in [-0.05, 0) is 18.1 Å². The quantitative estimate of drug-likeness (QED) is 0.902. The van der Waals surface area contributed by atoms with Crippen LogP contribution in [0.5, 0.6) is 0 Å². The SMILES string of the molecule is CC[C@H](C)[C@H](N)C(=O)N1CCN(Cc2ccc(Cl)s2)CC1. The Morgan fingerprint density at radius 2 is 2.05 bits per heavy atom. The van der Waals surface area contributed by atoms with Crippen LogP contribution < -0.4 is 5.73 Å². The topological polar surface area (TPSA) is 49.6 Å². The molecule has 0 saturated carbocycles. The minimum absolute atomic E-state index is 0.100. The van der Waals surface area contributed by atoms with Gasteiger partial charge in [-0.1, -0.05) is 31.9 Å². The third-order valence-electron chi connectivity index (χ3n) is 4.23. The summed E-state index contributed by atoms with van der Waals surface area (Å²) < 4.78 is 0.832. The first-order chi connectivity index (χ1) is 10.0. The zero-order valence-electron chi connectivity index (χ0n) is 12.7. The molecule has 4 nitrogen and oxygen atoms in total. The van der Waals surface area contributed by atoms with Gasteiger partial charge in [-0.3, -0.25) is 9.69 Å². The Morgan fingerprint density at radius 3 is 2.57 bits per heavy atom. The van der Waals surface area contributed by atoms with E-state index in [-0.39, 0.29) is 17.9 Å². The molecular formula is C15H24ClN3OS. The minimum Gasteiger partial charge on any atom is -0.339 e. The number of amides is 1. The zero-order chi connectivity index (χ0) is 15.4. The third-order valence-corrected chi connectivity index (χ3v) is 5.45. The molecule has 1 amide bonds. The van der Waals surface area contributed by atoms with Crippen molar-refractivity contribution in [1.82, 2.24) is 9.80 Å². The molecule has 0 aromatic carbocycles. The highest BCUT2D eigenvalue weighted by molar-refractivity contribution is 7.16. The van der Waals surface area contributed by atoms with E-state index < -0.39 is 0 Å². The fourth-order valence-corrected chi connectivity index (χ4v) is 3.62. The number of thiophene rings is 1. The average Bonchev–Trinajstić information content (AvgIpc) is 2.90. The van der Waals surface area contributed by atoms with Gasteiger partial charge in [0.25, 0.3) is 0 Å². The van der Waals surface area contributed by atoms with Crippen LogP contribution in [0.4, 0.5) is 0 Å². The summed E-state index contributed by atoms with van der Waals surface area (Å²) in [6.45, 7) is 8.35. The largest absolute Gasteiger partial charge is 0.339 e. The molecule has 0 radical (unpaired) electrons. The first-order valence-electron chi connectivity index (χ1n) is 7.52. The Balaban J connectivity index is 1.81. The van der Waals surface area contributed by atoms with E-state index in [4.69, 9.17) is 17.3 Å². The van der Waals surface area contributed by atoms with Crippen LogP contribution in [0, 0.1) is 5.92 Å². The van der Waals surface area contributed by atoms with E-state index in [1.165, 1.54) is 4.88 Å². The standard InChI is InChI=1S/C15H24ClN3OS/c1-3-11(2)14(17)15(20)19-8-6-18(7-9-19)10-12-4-5-13(16)21-12/h4-5,11,14H,3,6-10,17H2,1-2H3/t11-,14-/m0/s1. The van der Waals surface area contributed by atoms with Crippen LogP contribution in [-0.2, 0) is 11.3 Å². The molecule has 21 heavy (non-hydrogen) atoms. The predicted octanol–water partition coefficient (Wildman–Crippen LogP) is 2.42. The molecule has 118 valence electrons. The van der Waals surface area contributed by atoms with Crippen molar-refractivity contribution in [1.29, 1.82) is 0 Å². The van der Waals surface area contributed by atoms with E-state index >= 15 is 0 Å². The molecule has 1 fully saturated rings. The van der Waals surface area contributed by atoms with E-state index in [0.29, 0.717) is 0 Å². The Hall–Kier alpha value is -0.620. The number of hydrogen-bond donors (Lipinski definition) is 1. The molecule has 2 N–H and O–H groups in total. The highest BCUT2D eigenvalue weighted by Gasteiger charge is 2.27. The summed E-state index contributed by atoms with van der Waals surface area (Å²) in [6, 6.07) is 3.65. The normalized spacial score (nSPS) is 19.5. The molecule has 2 heterocycles. The van der Waals surface area contributed by atoms with Gasteiger partial charge < -0.3 is 10.6 Å². The van der Waals surface area contributed by atoms with Crippen molar-refractivity contribution >= 4 is 28.8 Å². The number of carbonyl (C=O) groups excluding carboxylic acids is 1. The zero-order valence-corrected chi connectivity index (χ0v) is 14.3. The summed E-state index contributed by atoms with van der Waals surface area (Å²) in [5.41, 5.74) is 6.05. The lowest BCUT2D eigenvalue weighted by Gasteiger charge is -2.36. The van der Waals surface area contributed by atoms with Crippen molar-refractivity contribution in [2.75, 3.05) is 26.2 Å². The Bertz CT molecular complexity index is 471. The Labute approximate surface area is 135 Å². The second-order valence-electron chi connectivity index (χ2n) is 5.72. The molecule has 6 heteroatoms. The first-order valence-corrected chi connectivity index (χ1v) is 8.71. The van der Waals surface area contributed by atoms with E-state index in [9.17, 15) is 4.79 Å². The summed E-state index contributed by atoms with van der Waals surface area (Å²) in [7, 11) is 0. The van der Waals surface area contributed by atoms with Gasteiger partial charge in [0.15, 0.2) is 0 Å². The number of halogens is 1. The van der Waals surface area contributed by atoms with Gasteiger partial charge in [-0.2, -0.15) is 0 Å². The molecule has 0 aliphatic carbocycles. The van der Waals surface area contributed by atoms with Gasteiger partial charge in [-0.25, -0.2) is 0 Å². The van der Waals surface area contributed by atoms with Crippen molar-refractivity contribution in [3.8, 4) is 0 Å². The van der Waals surface area contributed by atoms with E-state index in [1.54, 1.807) is 11.3 Å². The minimum atomic E-state index is -0.363. The van der Waals surface area contributed by atoms with Gasteiger partial charge in [0.05, 0.1) is 10.4 Å². The second-order valence-corrected chi connectivity index (χ2v) is 7.52. The molecule has 1 aromatic rings. The Kier molecular flexibility index (Phi) is 6.05. The molecule has 0 spiro atoms. The van der Waals surface area contributed by atoms with Gasteiger partial charge >= 0.3 is 0 Å². The first kappa shape index (κ1) is 16.7. The molecule has 1 aliphatic heterocycles. The van der Waals surface area contributed by atoms with Gasteiger partial charge in [0.1, 0.15) is 0 Å². The van der Waals surface area contributed by atoms with Gasteiger partial charge in [0, 0.05) is 37.6 Å². The maximum absolute atomic E-state index is 12.3. The lowest BCUT2D eigenvalue weighted by molar-refractivity contribution is -0.135. The average molecular weight is 330 g/mol. The lowest BCUT2D eigenvalue weighted by atomic mass is 9.98. The molecule has 1 saturated heterocycles. The fraction of sp³-hybridized carbons (Fsp3) is 0.667. The summed E-state index contributed by atoms with van der Waals surface area (Å²) in [6.07, 6.45) is 0.937. The van der Waals surface area contributed by atoms with Crippen LogP contribution >= 0.6 is 22.9 Å². The fourth-order valence-electron chi connectivity index (χ4n) is 2.49. The number of nitrogens with two attached hydrogens (primary N) is 1. The smallest absolute Gasteiger partial charge is 0.239 e. The van der Waals surface area contributed by atoms with Crippen LogP contribution in [-0.4, -0.2) is 47.9 Å². The van der Waals surface area contributed by atoms with Crippen molar-refractivity contribution in [3.63, 3.8) is 0 Å².